The van der Waals surface area contributed by atoms with E-state index >= 15 is 4.39 Å². The fourth-order valence-corrected chi connectivity index (χ4v) is 7.17. The minimum absolute atomic E-state index is 0.0227. The first-order chi connectivity index (χ1) is 22.3. The van der Waals surface area contributed by atoms with Gasteiger partial charge in [0.15, 0.2) is 9.84 Å². The smallest absolute Gasteiger partial charge is 0.411 e. The molecule has 1 fully saturated rings. The van der Waals surface area contributed by atoms with Crippen LogP contribution in [0.25, 0.3) is 10.8 Å². The number of nitrogens with two attached hydrogens (primary N) is 1. The van der Waals surface area contributed by atoms with Crippen molar-refractivity contribution in [1.29, 1.82) is 0 Å². The van der Waals surface area contributed by atoms with Crippen LogP contribution in [0.4, 0.5) is 26.4 Å². The number of ether oxygens (including phenoxy) is 1. The number of carboxylic acid groups (broad SMARTS) is 1. The molecule has 2 heterocycles. The van der Waals surface area contributed by atoms with Gasteiger partial charge in [0.2, 0.25) is 5.91 Å². The Bertz CT molecular complexity index is 1940. The SMILES string of the molecule is CCOc1ccc(F)c([C@@H](Nc2ccc3c(N)nccc3c2)C(=O)N2CCC[C@@H]2c2cc(N(C)C(=O)O)ccc2S(=O)(=O)C(C)C)c1. The second-order valence-corrected chi connectivity index (χ2v) is 14.1. The summed E-state index contributed by atoms with van der Waals surface area (Å²) in [6.45, 7) is 5.53. The molecule has 0 spiro atoms. The molecule has 0 bridgehead atoms. The van der Waals surface area contributed by atoms with Gasteiger partial charge in [-0.05, 0) is 105 Å². The number of hydrogen-bond donors (Lipinski definition) is 3. The number of nitrogen functional groups attached to an aromatic ring is 1. The molecular weight excluding hydrogens is 625 g/mol. The number of pyridine rings is 1. The second kappa shape index (κ2) is 13.4. The Kier molecular flexibility index (Phi) is 9.57. The zero-order valence-electron chi connectivity index (χ0n) is 26.6. The first-order valence-corrected chi connectivity index (χ1v) is 16.9. The zero-order chi connectivity index (χ0) is 34.0. The minimum atomic E-state index is -3.83. The van der Waals surface area contributed by atoms with Crippen LogP contribution >= 0.6 is 0 Å². The lowest BCUT2D eigenvalue weighted by atomic mass is 10.00. The van der Waals surface area contributed by atoms with E-state index in [1.807, 2.05) is 0 Å². The predicted octanol–water partition coefficient (Wildman–Crippen LogP) is 6.17. The Morgan fingerprint density at radius 2 is 1.91 bits per heavy atom. The fourth-order valence-electron chi connectivity index (χ4n) is 5.88. The molecule has 1 saturated heterocycles. The molecule has 1 aliphatic heterocycles. The van der Waals surface area contributed by atoms with E-state index in [-0.39, 0.29) is 22.7 Å². The number of nitrogens with one attached hydrogen (secondary N) is 1. The van der Waals surface area contributed by atoms with Crippen molar-refractivity contribution in [3.63, 3.8) is 0 Å². The number of likely N-dealkylation sites (tertiary alicyclic amines) is 1. The molecule has 0 saturated carbocycles. The van der Waals surface area contributed by atoms with Gasteiger partial charge in [-0.3, -0.25) is 9.69 Å². The summed E-state index contributed by atoms with van der Waals surface area (Å²) in [6, 6.07) is 13.7. The molecule has 1 aromatic heterocycles. The number of carbonyl (C=O) groups is 2. The van der Waals surface area contributed by atoms with E-state index in [4.69, 9.17) is 10.5 Å². The van der Waals surface area contributed by atoms with E-state index < -0.39 is 45.0 Å². The average Bonchev–Trinajstić information content (AvgIpc) is 3.54. The maximum absolute atomic E-state index is 15.6. The van der Waals surface area contributed by atoms with Crippen LogP contribution in [0.5, 0.6) is 5.75 Å². The molecule has 4 N–H and O–H groups in total. The van der Waals surface area contributed by atoms with E-state index in [2.05, 4.69) is 10.3 Å². The lowest BCUT2D eigenvalue weighted by molar-refractivity contribution is -0.133. The normalized spacial score (nSPS) is 15.5. The first-order valence-electron chi connectivity index (χ1n) is 15.3. The Labute approximate surface area is 273 Å². The first kappa shape index (κ1) is 33.5. The number of nitrogens with zero attached hydrogens (tertiary/aromatic N) is 3. The number of aromatic nitrogens is 1. The monoisotopic (exact) mass is 663 g/mol. The maximum atomic E-state index is 15.6. The molecule has 1 aliphatic rings. The summed E-state index contributed by atoms with van der Waals surface area (Å²) in [6.07, 6.45) is 1.32. The molecule has 5 rings (SSSR count). The summed E-state index contributed by atoms with van der Waals surface area (Å²) in [5.74, 6) is -0.384. The van der Waals surface area contributed by atoms with Crippen molar-refractivity contribution in [2.24, 2.45) is 0 Å². The summed E-state index contributed by atoms with van der Waals surface area (Å²) in [5, 5.41) is 13.6. The van der Waals surface area contributed by atoms with Crippen LogP contribution in [0.1, 0.15) is 56.8 Å². The number of amides is 2. The highest BCUT2D eigenvalue weighted by Gasteiger charge is 2.39. The average molecular weight is 664 g/mol. The van der Waals surface area contributed by atoms with Crippen LogP contribution in [-0.2, 0) is 14.6 Å². The van der Waals surface area contributed by atoms with E-state index in [1.54, 1.807) is 56.1 Å². The van der Waals surface area contributed by atoms with Gasteiger partial charge in [0.25, 0.3) is 0 Å². The van der Waals surface area contributed by atoms with Gasteiger partial charge in [-0.2, -0.15) is 0 Å². The molecule has 0 radical (unpaired) electrons. The Morgan fingerprint density at radius 1 is 1.15 bits per heavy atom. The molecule has 2 amide bonds. The maximum Gasteiger partial charge on any atom is 0.411 e. The van der Waals surface area contributed by atoms with Crippen LogP contribution in [0.3, 0.4) is 0 Å². The highest BCUT2D eigenvalue weighted by atomic mass is 32.2. The molecule has 47 heavy (non-hydrogen) atoms. The number of fused-ring (bicyclic) bond motifs is 1. The molecule has 0 aliphatic carbocycles. The second-order valence-electron chi connectivity index (χ2n) is 11.7. The summed E-state index contributed by atoms with van der Waals surface area (Å²) in [5.41, 5.74) is 7.17. The third kappa shape index (κ3) is 6.66. The lowest BCUT2D eigenvalue weighted by Crippen LogP contribution is -2.38. The largest absolute Gasteiger partial charge is 0.494 e. The Hall–Kier alpha value is -4.91. The van der Waals surface area contributed by atoms with E-state index in [9.17, 15) is 23.1 Å². The van der Waals surface area contributed by atoms with Gasteiger partial charge in [0.1, 0.15) is 23.4 Å². The van der Waals surface area contributed by atoms with Crippen molar-refractivity contribution in [3.05, 3.63) is 83.8 Å². The number of anilines is 3. The van der Waals surface area contributed by atoms with Gasteiger partial charge in [-0.25, -0.2) is 22.6 Å². The van der Waals surface area contributed by atoms with Crippen molar-refractivity contribution in [2.45, 2.75) is 55.8 Å². The summed E-state index contributed by atoms with van der Waals surface area (Å²) >= 11 is 0. The third-order valence-electron chi connectivity index (χ3n) is 8.43. The van der Waals surface area contributed by atoms with E-state index in [0.29, 0.717) is 42.3 Å². The standard InChI is InChI=1S/C34H38FN5O6S/c1-5-46-24-10-12-28(35)26(19-24)31(38-22-8-11-25-21(17-22)14-15-37-32(25)36)33(41)40-16-6-7-29(40)27-18-23(39(4)34(42)43)9-13-30(27)47(44,45)20(2)3/h8-15,17-20,29,31,38H,5-7,16H2,1-4H3,(H2,36,37)(H,42,43)/t29-,31-/m1/s1. The van der Waals surface area contributed by atoms with Crippen molar-refractivity contribution >= 4 is 49.8 Å². The summed E-state index contributed by atoms with van der Waals surface area (Å²) in [7, 11) is -2.47. The molecule has 4 aromatic rings. The van der Waals surface area contributed by atoms with Crippen molar-refractivity contribution in [2.75, 3.05) is 36.1 Å². The summed E-state index contributed by atoms with van der Waals surface area (Å²) < 4.78 is 48.4. The Morgan fingerprint density at radius 3 is 2.62 bits per heavy atom. The molecule has 248 valence electrons. The van der Waals surface area contributed by atoms with Gasteiger partial charge >= 0.3 is 6.09 Å². The van der Waals surface area contributed by atoms with Gasteiger partial charge in [0.05, 0.1) is 22.8 Å². The number of benzene rings is 3. The number of carbonyl (C=O) groups excluding carboxylic acids is 1. The van der Waals surface area contributed by atoms with Gasteiger partial charge in [-0.1, -0.05) is 0 Å². The third-order valence-corrected chi connectivity index (χ3v) is 10.7. The minimum Gasteiger partial charge on any atom is -0.494 e. The highest BCUT2D eigenvalue weighted by Crippen LogP contribution is 2.41. The van der Waals surface area contributed by atoms with Gasteiger partial charge in [0, 0.05) is 42.1 Å². The number of halogens is 1. The van der Waals surface area contributed by atoms with Gasteiger partial charge in [-0.15, -0.1) is 0 Å². The molecule has 2 atom stereocenters. The Balaban J connectivity index is 1.62. The molecule has 0 unspecified atom stereocenters. The number of rotatable bonds is 10. The van der Waals surface area contributed by atoms with Crippen molar-refractivity contribution in [1.82, 2.24) is 9.88 Å². The lowest BCUT2D eigenvalue weighted by Gasteiger charge is -2.32. The fraction of sp³-hybridized carbons (Fsp3) is 0.324. The highest BCUT2D eigenvalue weighted by molar-refractivity contribution is 7.92. The number of sulfone groups is 1. The van der Waals surface area contributed by atoms with E-state index in [0.717, 1.165) is 15.7 Å². The van der Waals surface area contributed by atoms with E-state index in [1.165, 1.54) is 43.4 Å². The quantitative estimate of drug-likeness (QED) is 0.181. The molecule has 13 heteroatoms. The van der Waals surface area contributed by atoms with Crippen LogP contribution in [0.15, 0.2) is 71.8 Å². The van der Waals surface area contributed by atoms with Gasteiger partial charge < -0.3 is 25.8 Å². The van der Waals surface area contributed by atoms with Crippen molar-refractivity contribution < 1.29 is 32.2 Å². The number of hydrogen-bond acceptors (Lipinski definition) is 8. The summed E-state index contributed by atoms with van der Waals surface area (Å²) in [4.78, 5) is 33.1. The van der Waals surface area contributed by atoms with Crippen LogP contribution < -0.4 is 20.7 Å². The zero-order valence-corrected chi connectivity index (χ0v) is 27.4. The predicted molar refractivity (Wildman–Crippen MR) is 179 cm³/mol. The molecule has 3 aromatic carbocycles. The van der Waals surface area contributed by atoms with Crippen LogP contribution in [-0.4, -0.2) is 60.9 Å². The molecule has 11 nitrogen and oxygen atoms in total. The van der Waals surface area contributed by atoms with Crippen molar-refractivity contribution in [3.8, 4) is 5.75 Å². The topological polar surface area (TPSA) is 155 Å². The van der Waals surface area contributed by atoms with Crippen LogP contribution in [0.2, 0.25) is 0 Å². The van der Waals surface area contributed by atoms with Crippen LogP contribution in [0, 0.1) is 5.82 Å². The molecular formula is C34H38FN5O6S.